The minimum absolute atomic E-state index is 0.112. The molecule has 0 aliphatic carbocycles. The molecule has 90 valence electrons. The van der Waals surface area contributed by atoms with Crippen molar-refractivity contribution in [3.63, 3.8) is 0 Å². The summed E-state index contributed by atoms with van der Waals surface area (Å²) in [5.41, 5.74) is 7.36. The molecule has 1 unspecified atom stereocenters. The second kappa shape index (κ2) is 4.97. The van der Waals surface area contributed by atoms with E-state index >= 15 is 0 Å². The smallest absolute Gasteiger partial charge is 0.237 e. The highest BCUT2D eigenvalue weighted by molar-refractivity contribution is 5.87. The van der Waals surface area contributed by atoms with Crippen LogP contribution in [0.25, 0.3) is 0 Å². The van der Waals surface area contributed by atoms with Crippen LogP contribution in [0.1, 0.15) is 11.1 Å². The van der Waals surface area contributed by atoms with Gasteiger partial charge >= 0.3 is 0 Å². The molecule has 0 spiro atoms. The topological polar surface area (TPSA) is 84.2 Å². The van der Waals surface area contributed by atoms with Crippen molar-refractivity contribution >= 4 is 11.8 Å². The SMILES string of the molecule is NC(=O)CNC(=O)C1Cc2ccccc2CN1. The Kier molecular flexibility index (Phi) is 3.39. The predicted molar refractivity (Wildman–Crippen MR) is 63.0 cm³/mol. The number of carbonyl (C=O) groups excluding carboxylic acids is 2. The number of carbonyl (C=O) groups is 2. The molecule has 1 atom stereocenters. The van der Waals surface area contributed by atoms with Gasteiger partial charge in [-0.05, 0) is 17.5 Å². The first kappa shape index (κ1) is 11.6. The highest BCUT2D eigenvalue weighted by Gasteiger charge is 2.23. The second-order valence-electron chi connectivity index (χ2n) is 4.09. The van der Waals surface area contributed by atoms with Crippen LogP contribution in [-0.2, 0) is 22.6 Å². The summed E-state index contributed by atoms with van der Waals surface area (Å²) in [5.74, 6) is -0.715. The Balaban J connectivity index is 1.97. The van der Waals surface area contributed by atoms with E-state index in [0.717, 1.165) is 0 Å². The zero-order chi connectivity index (χ0) is 12.3. The maximum absolute atomic E-state index is 11.7. The molecule has 0 bridgehead atoms. The lowest BCUT2D eigenvalue weighted by Crippen LogP contribution is -2.49. The van der Waals surface area contributed by atoms with Crippen molar-refractivity contribution in [2.45, 2.75) is 19.0 Å². The van der Waals surface area contributed by atoms with Gasteiger partial charge in [-0.1, -0.05) is 24.3 Å². The van der Waals surface area contributed by atoms with Gasteiger partial charge in [-0.15, -0.1) is 0 Å². The first-order chi connectivity index (χ1) is 8.16. The summed E-state index contributed by atoms with van der Waals surface area (Å²) in [6, 6.07) is 7.71. The van der Waals surface area contributed by atoms with Crippen LogP contribution in [0.4, 0.5) is 0 Å². The first-order valence-corrected chi connectivity index (χ1v) is 5.53. The zero-order valence-electron chi connectivity index (χ0n) is 9.40. The van der Waals surface area contributed by atoms with Crippen LogP contribution in [0.15, 0.2) is 24.3 Å². The minimum atomic E-state index is -0.533. The summed E-state index contributed by atoms with van der Waals surface area (Å²) >= 11 is 0. The van der Waals surface area contributed by atoms with Gasteiger partial charge in [0.05, 0.1) is 12.6 Å². The van der Waals surface area contributed by atoms with Gasteiger partial charge in [-0.3, -0.25) is 9.59 Å². The molecule has 1 aromatic rings. The quantitative estimate of drug-likeness (QED) is 0.645. The fraction of sp³-hybridized carbons (Fsp3) is 0.333. The summed E-state index contributed by atoms with van der Waals surface area (Å²) < 4.78 is 0. The molecule has 1 aromatic carbocycles. The molecular weight excluding hydrogens is 218 g/mol. The molecule has 0 aromatic heterocycles. The third-order valence-corrected chi connectivity index (χ3v) is 2.83. The van der Waals surface area contributed by atoms with Crippen LogP contribution in [-0.4, -0.2) is 24.4 Å². The predicted octanol–water partition coefficient (Wildman–Crippen LogP) is -0.698. The molecule has 0 saturated carbocycles. The van der Waals surface area contributed by atoms with Gasteiger partial charge in [0.2, 0.25) is 11.8 Å². The van der Waals surface area contributed by atoms with Crippen LogP contribution in [0.5, 0.6) is 0 Å². The van der Waals surface area contributed by atoms with Gasteiger partial charge in [0.1, 0.15) is 0 Å². The molecule has 4 N–H and O–H groups in total. The lowest BCUT2D eigenvalue weighted by atomic mass is 9.95. The van der Waals surface area contributed by atoms with E-state index in [2.05, 4.69) is 10.6 Å². The molecule has 1 aliphatic rings. The van der Waals surface area contributed by atoms with E-state index < -0.39 is 5.91 Å². The fourth-order valence-electron chi connectivity index (χ4n) is 1.94. The number of fused-ring (bicyclic) bond motifs is 1. The van der Waals surface area contributed by atoms with E-state index in [0.29, 0.717) is 13.0 Å². The Bertz CT molecular complexity index is 445. The average molecular weight is 233 g/mol. The molecular formula is C12H15N3O2. The maximum atomic E-state index is 11.7. The van der Waals surface area contributed by atoms with E-state index in [9.17, 15) is 9.59 Å². The molecule has 2 rings (SSSR count). The largest absolute Gasteiger partial charge is 0.368 e. The Labute approximate surface area is 99.4 Å². The van der Waals surface area contributed by atoms with E-state index in [-0.39, 0.29) is 18.5 Å². The Morgan fingerprint density at radius 3 is 2.76 bits per heavy atom. The summed E-state index contributed by atoms with van der Waals surface area (Å²) in [4.78, 5) is 22.3. The van der Waals surface area contributed by atoms with Gasteiger partial charge in [-0.2, -0.15) is 0 Å². The molecule has 0 fully saturated rings. The summed E-state index contributed by atoms with van der Waals surface area (Å²) in [5, 5.41) is 5.64. The first-order valence-electron chi connectivity index (χ1n) is 5.53. The monoisotopic (exact) mass is 233 g/mol. The number of primary amides is 1. The van der Waals surface area contributed by atoms with E-state index in [1.165, 1.54) is 11.1 Å². The standard InChI is InChI=1S/C12H15N3O2/c13-11(16)7-15-12(17)10-5-8-3-1-2-4-9(8)6-14-10/h1-4,10,14H,5-7H2,(H2,13,16)(H,15,17). The number of nitrogens with one attached hydrogen (secondary N) is 2. The van der Waals surface area contributed by atoms with Gasteiger partial charge in [0.15, 0.2) is 0 Å². The second-order valence-corrected chi connectivity index (χ2v) is 4.09. The molecule has 1 aliphatic heterocycles. The van der Waals surface area contributed by atoms with Crippen LogP contribution < -0.4 is 16.4 Å². The average Bonchev–Trinajstić information content (AvgIpc) is 2.35. The summed E-state index contributed by atoms with van der Waals surface area (Å²) in [6.45, 7) is 0.559. The summed E-state index contributed by atoms with van der Waals surface area (Å²) in [7, 11) is 0. The minimum Gasteiger partial charge on any atom is -0.368 e. The number of rotatable bonds is 3. The molecule has 1 heterocycles. The van der Waals surface area contributed by atoms with Gasteiger partial charge < -0.3 is 16.4 Å². The van der Waals surface area contributed by atoms with Gasteiger partial charge in [0.25, 0.3) is 0 Å². The third-order valence-electron chi connectivity index (χ3n) is 2.83. The van der Waals surface area contributed by atoms with Crippen molar-refractivity contribution in [1.29, 1.82) is 0 Å². The molecule has 2 amide bonds. The Morgan fingerprint density at radius 2 is 2.06 bits per heavy atom. The van der Waals surface area contributed by atoms with Crippen LogP contribution in [0.3, 0.4) is 0 Å². The van der Waals surface area contributed by atoms with Crippen LogP contribution >= 0.6 is 0 Å². The molecule has 0 saturated heterocycles. The lowest BCUT2D eigenvalue weighted by molar-refractivity contribution is -0.126. The number of hydrogen-bond donors (Lipinski definition) is 3. The van der Waals surface area contributed by atoms with Gasteiger partial charge in [-0.25, -0.2) is 0 Å². The van der Waals surface area contributed by atoms with E-state index in [1.807, 2.05) is 24.3 Å². The van der Waals surface area contributed by atoms with Crippen molar-refractivity contribution < 1.29 is 9.59 Å². The number of hydrogen-bond acceptors (Lipinski definition) is 3. The van der Waals surface area contributed by atoms with Crippen molar-refractivity contribution in [1.82, 2.24) is 10.6 Å². The highest BCUT2D eigenvalue weighted by atomic mass is 16.2. The zero-order valence-corrected chi connectivity index (χ0v) is 9.40. The van der Waals surface area contributed by atoms with Crippen LogP contribution in [0, 0.1) is 0 Å². The Hall–Kier alpha value is -1.88. The van der Waals surface area contributed by atoms with Crippen molar-refractivity contribution in [3.8, 4) is 0 Å². The third kappa shape index (κ3) is 2.82. The highest BCUT2D eigenvalue weighted by Crippen LogP contribution is 2.16. The molecule has 17 heavy (non-hydrogen) atoms. The van der Waals surface area contributed by atoms with Crippen LogP contribution in [0.2, 0.25) is 0 Å². The van der Waals surface area contributed by atoms with Gasteiger partial charge in [0, 0.05) is 6.54 Å². The van der Waals surface area contributed by atoms with E-state index in [1.54, 1.807) is 0 Å². The van der Waals surface area contributed by atoms with Crippen molar-refractivity contribution in [2.24, 2.45) is 5.73 Å². The van der Waals surface area contributed by atoms with Crippen molar-refractivity contribution in [2.75, 3.05) is 6.54 Å². The number of benzene rings is 1. The maximum Gasteiger partial charge on any atom is 0.237 e. The molecule has 0 radical (unpaired) electrons. The van der Waals surface area contributed by atoms with E-state index in [4.69, 9.17) is 5.73 Å². The number of amides is 2. The lowest BCUT2D eigenvalue weighted by Gasteiger charge is -2.25. The Morgan fingerprint density at radius 1 is 1.35 bits per heavy atom. The molecule has 5 heteroatoms. The fourth-order valence-corrected chi connectivity index (χ4v) is 1.94. The normalized spacial score (nSPS) is 18.2. The molecule has 5 nitrogen and oxygen atoms in total. The number of nitrogens with two attached hydrogens (primary N) is 1. The summed E-state index contributed by atoms with van der Waals surface area (Å²) in [6.07, 6.45) is 0.640. The van der Waals surface area contributed by atoms with Crippen molar-refractivity contribution in [3.05, 3.63) is 35.4 Å².